The van der Waals surface area contributed by atoms with E-state index < -0.39 is 0 Å². The van der Waals surface area contributed by atoms with Crippen LogP contribution in [0.5, 0.6) is 5.75 Å². The highest BCUT2D eigenvalue weighted by Gasteiger charge is 2.09. The zero-order valence-corrected chi connectivity index (χ0v) is 10.1. The monoisotopic (exact) mass is 207 g/mol. The molecule has 1 aromatic carbocycles. The Labute approximate surface area is 92.6 Å². The van der Waals surface area contributed by atoms with Gasteiger partial charge in [-0.05, 0) is 26.0 Å². The molecule has 0 radical (unpaired) electrons. The third-order valence-electron chi connectivity index (χ3n) is 2.39. The van der Waals surface area contributed by atoms with E-state index in [4.69, 9.17) is 4.74 Å². The number of benzene rings is 1. The molecule has 15 heavy (non-hydrogen) atoms. The van der Waals surface area contributed by atoms with Gasteiger partial charge in [0.05, 0.1) is 6.61 Å². The Bertz CT molecular complexity index is 296. The van der Waals surface area contributed by atoms with Crippen LogP contribution in [0.2, 0.25) is 0 Å². The lowest BCUT2D eigenvalue weighted by Crippen LogP contribution is -2.14. The van der Waals surface area contributed by atoms with Crippen molar-refractivity contribution < 1.29 is 4.74 Å². The zero-order chi connectivity index (χ0) is 11.3. The summed E-state index contributed by atoms with van der Waals surface area (Å²) in [6, 6.07) is 8.53. The van der Waals surface area contributed by atoms with Gasteiger partial charge in [0.2, 0.25) is 0 Å². The quantitative estimate of drug-likeness (QED) is 0.801. The van der Waals surface area contributed by atoms with E-state index in [-0.39, 0.29) is 0 Å². The second kappa shape index (κ2) is 5.76. The maximum absolute atomic E-state index is 5.78. The molecule has 1 rings (SSSR count). The Balaban J connectivity index is 2.77. The van der Waals surface area contributed by atoms with Gasteiger partial charge in [-0.25, -0.2) is 0 Å². The highest BCUT2D eigenvalue weighted by Crippen LogP contribution is 2.24. The molecule has 0 aliphatic carbocycles. The van der Waals surface area contributed by atoms with Crippen LogP contribution in [0.15, 0.2) is 24.3 Å². The number of rotatable bonds is 5. The van der Waals surface area contributed by atoms with Crippen LogP contribution < -0.4 is 10.1 Å². The Kier molecular flexibility index (Phi) is 4.63. The number of nitrogens with one attached hydrogen (secondary N) is 1. The van der Waals surface area contributed by atoms with Crippen molar-refractivity contribution >= 4 is 0 Å². The lowest BCUT2D eigenvalue weighted by molar-refractivity contribution is 0.267. The predicted octanol–water partition coefficient (Wildman–Crippen LogP) is 3.00. The molecule has 2 heteroatoms. The van der Waals surface area contributed by atoms with Gasteiger partial charge in [-0.2, -0.15) is 0 Å². The summed E-state index contributed by atoms with van der Waals surface area (Å²) in [7, 11) is 1.96. The fourth-order valence-corrected chi connectivity index (χ4v) is 1.38. The van der Waals surface area contributed by atoms with Gasteiger partial charge in [-0.3, -0.25) is 0 Å². The molecule has 0 aliphatic rings. The van der Waals surface area contributed by atoms with Crippen molar-refractivity contribution in [3.05, 3.63) is 29.8 Å². The highest BCUT2D eigenvalue weighted by molar-refractivity contribution is 5.35. The molecule has 0 saturated carbocycles. The Morgan fingerprint density at radius 2 is 1.87 bits per heavy atom. The van der Waals surface area contributed by atoms with Crippen LogP contribution in [0.1, 0.15) is 32.4 Å². The molecule has 2 nitrogen and oxygen atoms in total. The minimum atomic E-state index is 0.327. The van der Waals surface area contributed by atoms with Crippen LogP contribution in [0.3, 0.4) is 0 Å². The van der Waals surface area contributed by atoms with E-state index in [1.165, 1.54) is 5.56 Å². The van der Waals surface area contributed by atoms with Gasteiger partial charge in [0.1, 0.15) is 5.75 Å². The third kappa shape index (κ3) is 3.56. The first-order chi connectivity index (χ1) is 7.15. The largest absolute Gasteiger partial charge is 0.493 e. The minimum absolute atomic E-state index is 0.327. The van der Waals surface area contributed by atoms with Gasteiger partial charge in [0.25, 0.3) is 0 Å². The molecule has 0 fully saturated rings. The maximum Gasteiger partial charge on any atom is 0.124 e. The van der Waals surface area contributed by atoms with Gasteiger partial charge >= 0.3 is 0 Å². The molecular formula is C13H21NO. The summed E-state index contributed by atoms with van der Waals surface area (Å²) < 4.78 is 5.78. The Morgan fingerprint density at radius 1 is 1.20 bits per heavy atom. The van der Waals surface area contributed by atoms with E-state index in [0.717, 1.165) is 12.4 Å². The lowest BCUT2D eigenvalue weighted by Gasteiger charge is -2.17. The molecule has 0 saturated heterocycles. The van der Waals surface area contributed by atoms with E-state index in [1.54, 1.807) is 0 Å². The summed E-state index contributed by atoms with van der Waals surface area (Å²) in [5, 5.41) is 3.23. The van der Waals surface area contributed by atoms with Crippen molar-refractivity contribution in [1.82, 2.24) is 5.32 Å². The summed E-state index contributed by atoms with van der Waals surface area (Å²) in [5.74, 6) is 1.55. The van der Waals surface area contributed by atoms with E-state index in [9.17, 15) is 0 Å². The molecule has 1 N–H and O–H groups in total. The molecular weight excluding hydrogens is 186 g/mol. The van der Waals surface area contributed by atoms with Crippen LogP contribution in [-0.2, 0) is 0 Å². The smallest absolute Gasteiger partial charge is 0.124 e. The molecule has 0 spiro atoms. The van der Waals surface area contributed by atoms with Gasteiger partial charge in [-0.1, -0.05) is 32.0 Å². The van der Waals surface area contributed by atoms with Crippen molar-refractivity contribution in [2.75, 3.05) is 13.7 Å². The molecule has 0 aromatic heterocycles. The minimum Gasteiger partial charge on any atom is -0.493 e. The lowest BCUT2D eigenvalue weighted by atomic mass is 10.1. The van der Waals surface area contributed by atoms with Gasteiger partial charge in [0.15, 0.2) is 0 Å². The molecule has 0 amide bonds. The molecule has 0 aliphatic heterocycles. The molecule has 1 atom stereocenters. The summed E-state index contributed by atoms with van der Waals surface area (Å²) in [4.78, 5) is 0. The SMILES string of the molecule is CN[C@@H](C)c1ccccc1OCC(C)C. The van der Waals surface area contributed by atoms with Crippen LogP contribution in [0, 0.1) is 5.92 Å². The average Bonchev–Trinajstić information content (AvgIpc) is 2.25. The molecule has 1 aromatic rings. The van der Waals surface area contributed by atoms with Gasteiger partial charge in [0, 0.05) is 11.6 Å². The summed E-state index contributed by atoms with van der Waals surface area (Å²) in [6.07, 6.45) is 0. The summed E-state index contributed by atoms with van der Waals surface area (Å²) >= 11 is 0. The zero-order valence-electron chi connectivity index (χ0n) is 10.1. The summed E-state index contributed by atoms with van der Waals surface area (Å²) in [5.41, 5.74) is 1.22. The topological polar surface area (TPSA) is 21.3 Å². The van der Waals surface area contributed by atoms with Crippen molar-refractivity contribution in [2.45, 2.75) is 26.8 Å². The first-order valence-electron chi connectivity index (χ1n) is 5.54. The molecule has 0 unspecified atom stereocenters. The molecule has 84 valence electrons. The van der Waals surface area contributed by atoms with Gasteiger partial charge < -0.3 is 10.1 Å². The highest BCUT2D eigenvalue weighted by atomic mass is 16.5. The second-order valence-corrected chi connectivity index (χ2v) is 4.25. The summed E-state index contributed by atoms with van der Waals surface area (Å²) in [6.45, 7) is 7.22. The fourth-order valence-electron chi connectivity index (χ4n) is 1.38. The molecule has 0 bridgehead atoms. The first-order valence-corrected chi connectivity index (χ1v) is 5.54. The third-order valence-corrected chi connectivity index (χ3v) is 2.39. The van der Waals surface area contributed by atoms with Gasteiger partial charge in [-0.15, -0.1) is 0 Å². The number of hydrogen-bond donors (Lipinski definition) is 1. The van der Waals surface area contributed by atoms with Crippen LogP contribution in [-0.4, -0.2) is 13.7 Å². The first kappa shape index (κ1) is 12.1. The van der Waals surface area contributed by atoms with E-state index in [2.05, 4.69) is 32.2 Å². The van der Waals surface area contributed by atoms with Crippen molar-refractivity contribution in [2.24, 2.45) is 5.92 Å². The Hall–Kier alpha value is -1.02. The van der Waals surface area contributed by atoms with E-state index in [0.29, 0.717) is 12.0 Å². The fraction of sp³-hybridized carbons (Fsp3) is 0.538. The van der Waals surface area contributed by atoms with E-state index >= 15 is 0 Å². The Morgan fingerprint density at radius 3 is 2.47 bits per heavy atom. The number of para-hydroxylation sites is 1. The van der Waals surface area contributed by atoms with E-state index in [1.807, 2.05) is 25.2 Å². The second-order valence-electron chi connectivity index (χ2n) is 4.25. The number of hydrogen-bond acceptors (Lipinski definition) is 2. The van der Waals surface area contributed by atoms with Crippen molar-refractivity contribution in [1.29, 1.82) is 0 Å². The predicted molar refractivity (Wildman–Crippen MR) is 64.2 cm³/mol. The van der Waals surface area contributed by atoms with Crippen LogP contribution in [0.25, 0.3) is 0 Å². The van der Waals surface area contributed by atoms with Crippen LogP contribution >= 0.6 is 0 Å². The standard InChI is InChI=1S/C13H21NO/c1-10(2)9-15-13-8-6-5-7-12(13)11(3)14-4/h5-8,10-11,14H,9H2,1-4H3/t11-/m0/s1. The normalized spacial score (nSPS) is 12.9. The number of ether oxygens (including phenoxy) is 1. The van der Waals surface area contributed by atoms with Crippen LogP contribution in [0.4, 0.5) is 0 Å². The maximum atomic E-state index is 5.78. The average molecular weight is 207 g/mol. The van der Waals surface area contributed by atoms with Crippen molar-refractivity contribution in [3.63, 3.8) is 0 Å². The van der Waals surface area contributed by atoms with Crippen molar-refractivity contribution in [3.8, 4) is 5.75 Å². The molecule has 0 heterocycles.